The van der Waals surface area contributed by atoms with E-state index in [0.29, 0.717) is 24.0 Å². The fraction of sp³-hybridized carbons (Fsp3) is 0.500. The van der Waals surface area contributed by atoms with Crippen LogP contribution in [0.2, 0.25) is 0 Å². The van der Waals surface area contributed by atoms with Crippen LogP contribution in [0.15, 0.2) is 23.2 Å². The van der Waals surface area contributed by atoms with Crippen LogP contribution in [0.1, 0.15) is 26.5 Å². The molecule has 106 valence electrons. The monoisotopic (exact) mass is 291 g/mol. The lowest BCUT2D eigenvalue weighted by Crippen LogP contribution is -2.53. The minimum Gasteiger partial charge on any atom is -0.444 e. The molecule has 0 unspecified atom stereocenters. The van der Waals surface area contributed by atoms with E-state index in [4.69, 9.17) is 10.00 Å². The molecule has 0 N–H and O–H groups in total. The van der Waals surface area contributed by atoms with Gasteiger partial charge in [0.1, 0.15) is 17.4 Å². The molecule has 1 amide bonds. The molecule has 0 aliphatic carbocycles. The van der Waals surface area contributed by atoms with Crippen molar-refractivity contribution in [3.05, 3.63) is 24.0 Å². The third-order valence-corrected chi connectivity index (χ3v) is 3.80. The van der Waals surface area contributed by atoms with Crippen LogP contribution in [0, 0.1) is 11.3 Å². The highest BCUT2D eigenvalue weighted by Gasteiger charge is 2.34. The number of amides is 1. The highest BCUT2D eigenvalue weighted by molar-refractivity contribution is 8.00. The predicted octanol–water partition coefficient (Wildman–Crippen LogP) is 2.66. The summed E-state index contributed by atoms with van der Waals surface area (Å²) in [6, 6.07) is 5.57. The Bertz CT molecular complexity index is 525. The molecule has 1 aromatic heterocycles. The lowest BCUT2D eigenvalue weighted by Gasteiger charge is -2.39. The minimum absolute atomic E-state index is 0.257. The topological polar surface area (TPSA) is 66.2 Å². The molecule has 1 aliphatic rings. The predicted molar refractivity (Wildman–Crippen MR) is 76.4 cm³/mol. The van der Waals surface area contributed by atoms with Crippen LogP contribution in [-0.4, -0.2) is 39.9 Å². The summed E-state index contributed by atoms with van der Waals surface area (Å²) < 4.78 is 5.30. The molecule has 2 rings (SSSR count). The Morgan fingerprint density at radius 1 is 1.50 bits per heavy atom. The second-order valence-corrected chi connectivity index (χ2v) is 6.99. The molecule has 1 saturated heterocycles. The van der Waals surface area contributed by atoms with Gasteiger partial charge >= 0.3 is 6.09 Å². The molecule has 0 spiro atoms. The maximum Gasteiger partial charge on any atom is 0.410 e. The van der Waals surface area contributed by atoms with Crippen molar-refractivity contribution in [3.8, 4) is 6.07 Å². The van der Waals surface area contributed by atoms with Crippen molar-refractivity contribution in [1.29, 1.82) is 5.26 Å². The highest BCUT2D eigenvalue weighted by atomic mass is 32.2. The van der Waals surface area contributed by atoms with Gasteiger partial charge in [-0.2, -0.15) is 5.26 Å². The molecule has 1 fully saturated rings. The third-order valence-electron chi connectivity index (χ3n) is 2.65. The first-order valence-electron chi connectivity index (χ1n) is 6.38. The Hall–Kier alpha value is -1.74. The van der Waals surface area contributed by atoms with Crippen molar-refractivity contribution in [3.63, 3.8) is 0 Å². The second kappa shape index (κ2) is 5.71. The first kappa shape index (κ1) is 14.7. The van der Waals surface area contributed by atoms with Gasteiger partial charge in [-0.3, -0.25) is 0 Å². The number of hydrogen-bond donors (Lipinski definition) is 0. The molecule has 1 aromatic rings. The molecule has 0 bridgehead atoms. The van der Waals surface area contributed by atoms with E-state index in [0.717, 1.165) is 4.90 Å². The maximum absolute atomic E-state index is 11.8. The molecule has 1 aliphatic heterocycles. The van der Waals surface area contributed by atoms with E-state index in [2.05, 4.69) is 4.98 Å². The van der Waals surface area contributed by atoms with Gasteiger partial charge in [0.05, 0.1) is 0 Å². The Kier molecular flexibility index (Phi) is 4.19. The van der Waals surface area contributed by atoms with Gasteiger partial charge in [0, 0.05) is 29.4 Å². The van der Waals surface area contributed by atoms with E-state index in [1.54, 1.807) is 28.9 Å². The zero-order valence-electron chi connectivity index (χ0n) is 11.8. The smallest absolute Gasteiger partial charge is 0.410 e. The fourth-order valence-electron chi connectivity index (χ4n) is 1.70. The summed E-state index contributed by atoms with van der Waals surface area (Å²) in [5.41, 5.74) is -0.0369. The van der Waals surface area contributed by atoms with E-state index in [1.807, 2.05) is 32.9 Å². The summed E-state index contributed by atoms with van der Waals surface area (Å²) >= 11 is 1.67. The molecule has 20 heavy (non-hydrogen) atoms. The molecule has 0 radical (unpaired) electrons. The largest absolute Gasteiger partial charge is 0.444 e. The van der Waals surface area contributed by atoms with Crippen LogP contribution in [0.3, 0.4) is 0 Å². The molecule has 2 heterocycles. The Morgan fingerprint density at radius 2 is 2.20 bits per heavy atom. The van der Waals surface area contributed by atoms with Gasteiger partial charge in [0.25, 0.3) is 0 Å². The lowest BCUT2D eigenvalue weighted by atomic mass is 10.2. The van der Waals surface area contributed by atoms with Gasteiger partial charge in [-0.25, -0.2) is 9.78 Å². The maximum atomic E-state index is 11.8. The van der Waals surface area contributed by atoms with Crippen molar-refractivity contribution in [2.24, 2.45) is 0 Å². The number of hydrogen-bond acceptors (Lipinski definition) is 5. The van der Waals surface area contributed by atoms with E-state index >= 15 is 0 Å². The zero-order chi connectivity index (χ0) is 14.8. The molecular weight excluding hydrogens is 274 g/mol. The van der Waals surface area contributed by atoms with Gasteiger partial charge in [0.2, 0.25) is 0 Å². The molecule has 0 aromatic carbocycles. The SMILES string of the molecule is CC(C)(C)OC(=O)N1CC(Sc2ccc(C#N)nc2)C1. The molecule has 0 atom stereocenters. The number of pyridine rings is 1. The van der Waals surface area contributed by atoms with Crippen LogP contribution in [0.4, 0.5) is 4.79 Å². The van der Waals surface area contributed by atoms with Crippen LogP contribution < -0.4 is 0 Å². The summed E-state index contributed by atoms with van der Waals surface area (Å²) in [6.45, 7) is 6.94. The van der Waals surface area contributed by atoms with E-state index in [-0.39, 0.29) is 6.09 Å². The summed E-state index contributed by atoms with van der Waals surface area (Å²) in [7, 11) is 0. The van der Waals surface area contributed by atoms with E-state index in [1.165, 1.54) is 0 Å². The Balaban J connectivity index is 1.79. The highest BCUT2D eigenvalue weighted by Crippen LogP contribution is 2.30. The van der Waals surface area contributed by atoms with Crippen molar-refractivity contribution in [2.45, 2.75) is 36.5 Å². The number of ether oxygens (including phenoxy) is 1. The average molecular weight is 291 g/mol. The number of aromatic nitrogens is 1. The van der Waals surface area contributed by atoms with Crippen LogP contribution >= 0.6 is 11.8 Å². The van der Waals surface area contributed by atoms with Gasteiger partial charge < -0.3 is 9.64 Å². The number of rotatable bonds is 2. The third kappa shape index (κ3) is 3.87. The fourth-order valence-corrected chi connectivity index (χ4v) is 2.85. The van der Waals surface area contributed by atoms with Crippen LogP contribution in [0.25, 0.3) is 0 Å². The van der Waals surface area contributed by atoms with Crippen LogP contribution in [0.5, 0.6) is 0 Å². The second-order valence-electron chi connectivity index (χ2n) is 5.62. The number of carbonyl (C=O) groups excluding carboxylic acids is 1. The molecule has 5 nitrogen and oxygen atoms in total. The van der Waals surface area contributed by atoms with Crippen molar-refractivity contribution in [1.82, 2.24) is 9.88 Å². The Morgan fingerprint density at radius 3 is 2.70 bits per heavy atom. The standard InChI is InChI=1S/C14H17N3O2S/c1-14(2,3)19-13(18)17-8-12(9-17)20-11-5-4-10(6-15)16-7-11/h4-5,7,12H,8-9H2,1-3H3. The molecule has 6 heteroatoms. The van der Waals surface area contributed by atoms with Gasteiger partial charge in [-0.15, -0.1) is 11.8 Å². The Labute approximate surface area is 122 Å². The average Bonchev–Trinajstić information content (AvgIpc) is 2.31. The van der Waals surface area contributed by atoms with Gasteiger partial charge in [0.15, 0.2) is 0 Å². The van der Waals surface area contributed by atoms with Gasteiger partial charge in [-0.05, 0) is 32.9 Å². The van der Waals surface area contributed by atoms with Crippen molar-refractivity contribution in [2.75, 3.05) is 13.1 Å². The number of likely N-dealkylation sites (tertiary alicyclic amines) is 1. The first-order chi connectivity index (χ1) is 9.37. The number of carbonyl (C=O) groups is 1. The minimum atomic E-state index is -0.452. The summed E-state index contributed by atoms with van der Waals surface area (Å²) in [5, 5.41) is 9.04. The molecular formula is C14H17N3O2S. The van der Waals surface area contributed by atoms with Crippen molar-refractivity contribution >= 4 is 17.9 Å². The van der Waals surface area contributed by atoms with Crippen molar-refractivity contribution < 1.29 is 9.53 Å². The molecule has 0 saturated carbocycles. The van der Waals surface area contributed by atoms with Crippen LogP contribution in [-0.2, 0) is 4.74 Å². The number of nitriles is 1. The summed E-state index contributed by atoms with van der Waals surface area (Å²) in [5.74, 6) is 0. The first-order valence-corrected chi connectivity index (χ1v) is 7.26. The number of thioether (sulfide) groups is 1. The normalized spacial score (nSPS) is 15.4. The summed E-state index contributed by atoms with van der Waals surface area (Å²) in [6.07, 6.45) is 1.44. The van der Waals surface area contributed by atoms with E-state index < -0.39 is 5.60 Å². The van der Waals surface area contributed by atoms with Gasteiger partial charge in [-0.1, -0.05) is 0 Å². The quantitative estimate of drug-likeness (QED) is 0.838. The number of nitrogens with zero attached hydrogens (tertiary/aromatic N) is 3. The lowest BCUT2D eigenvalue weighted by molar-refractivity contribution is 0.0144. The zero-order valence-corrected chi connectivity index (χ0v) is 12.6. The van der Waals surface area contributed by atoms with E-state index in [9.17, 15) is 4.79 Å². The summed E-state index contributed by atoms with van der Waals surface area (Å²) in [4.78, 5) is 18.5.